The predicted molar refractivity (Wildman–Crippen MR) is 128 cm³/mol. The predicted octanol–water partition coefficient (Wildman–Crippen LogP) is 5.68. The first-order chi connectivity index (χ1) is 15.7. The number of pyridine rings is 1. The molecule has 0 spiro atoms. The number of rotatable bonds is 5. The van der Waals surface area contributed by atoms with E-state index in [-0.39, 0.29) is 28.9 Å². The normalized spacial score (nSPS) is 17.0. The van der Waals surface area contributed by atoms with Crippen LogP contribution >= 0.6 is 10.6 Å². The van der Waals surface area contributed by atoms with E-state index in [1.54, 1.807) is 30.5 Å². The highest BCUT2D eigenvalue weighted by atomic mass is 32.3. The molecule has 1 amide bonds. The van der Waals surface area contributed by atoms with Crippen molar-refractivity contribution in [1.29, 1.82) is 0 Å². The number of carbonyl (C=O) groups excluding carboxylic acids is 1. The average molecular weight is 471 g/mol. The van der Waals surface area contributed by atoms with Gasteiger partial charge in [-0.15, -0.1) is 0 Å². The van der Waals surface area contributed by atoms with Crippen molar-refractivity contribution in [2.45, 2.75) is 38.5 Å². The topological polar surface area (TPSA) is 108 Å². The number of aromatic nitrogens is 3. The number of anilines is 1. The second-order valence-electron chi connectivity index (χ2n) is 8.52. The summed E-state index contributed by atoms with van der Waals surface area (Å²) < 4.78 is 34.7. The summed E-state index contributed by atoms with van der Waals surface area (Å²) in [5, 5.41) is 2.92. The highest BCUT2D eigenvalue weighted by Gasteiger charge is 2.29. The highest BCUT2D eigenvalue weighted by Crippen LogP contribution is 2.49. The third kappa shape index (κ3) is 5.21. The average Bonchev–Trinajstić information content (AvgIpc) is 2.80. The Balaban J connectivity index is 1.73. The molecule has 3 aromatic rings. The monoisotopic (exact) mass is 470 g/mol. The summed E-state index contributed by atoms with van der Waals surface area (Å²) >= 11 is 0. The van der Waals surface area contributed by atoms with Crippen LogP contribution in [0.15, 0.2) is 48.9 Å². The minimum atomic E-state index is -2.57. The quantitative estimate of drug-likeness (QED) is 0.443. The van der Waals surface area contributed by atoms with Crippen LogP contribution in [0, 0.1) is 5.82 Å². The van der Waals surface area contributed by atoms with E-state index >= 15 is 0 Å². The van der Waals surface area contributed by atoms with Crippen molar-refractivity contribution in [3.63, 3.8) is 0 Å². The minimum absolute atomic E-state index is 0.0912. The van der Waals surface area contributed by atoms with Crippen LogP contribution in [0.4, 0.5) is 10.1 Å². The summed E-state index contributed by atoms with van der Waals surface area (Å²) in [5.74, 6) is 0.416. The molecule has 1 saturated heterocycles. The van der Waals surface area contributed by atoms with Crippen molar-refractivity contribution < 1.29 is 18.3 Å². The number of hydrogen-bond donors (Lipinski definition) is 3. The highest BCUT2D eigenvalue weighted by molar-refractivity contribution is 8.24. The molecule has 0 atom stereocenters. The molecule has 1 fully saturated rings. The van der Waals surface area contributed by atoms with E-state index in [0.29, 0.717) is 41.2 Å². The molecule has 0 unspecified atom stereocenters. The lowest BCUT2D eigenvalue weighted by atomic mass is 9.93. The smallest absolute Gasteiger partial charge is 0.258 e. The molecule has 33 heavy (non-hydrogen) atoms. The second kappa shape index (κ2) is 9.54. The van der Waals surface area contributed by atoms with Crippen molar-refractivity contribution in [2.75, 3.05) is 16.8 Å². The van der Waals surface area contributed by atoms with Gasteiger partial charge >= 0.3 is 0 Å². The Bertz CT molecular complexity index is 1140. The van der Waals surface area contributed by atoms with E-state index in [1.165, 1.54) is 18.5 Å². The Morgan fingerprint density at radius 1 is 1.06 bits per heavy atom. The molecule has 9 heteroatoms. The standard InChI is InChI=1S/C24H27FN4O3S/c1-15(2)23-27-13-17(14-28-23)24(30)29-22-19(18-5-3-4-6-20(18)25)7-10-26-21(22)16-8-11-33(31,32)12-9-16/h3-7,10,13-16,31-32H,8-9,11-12H2,1-2H3,(H,29,30). The molecule has 2 aromatic heterocycles. The second-order valence-corrected chi connectivity index (χ2v) is 10.9. The van der Waals surface area contributed by atoms with Crippen molar-refractivity contribution >= 4 is 22.2 Å². The summed E-state index contributed by atoms with van der Waals surface area (Å²) in [7, 11) is -2.57. The number of carbonyl (C=O) groups is 1. The fourth-order valence-corrected chi connectivity index (χ4v) is 5.47. The first-order valence-electron chi connectivity index (χ1n) is 10.9. The molecule has 3 N–H and O–H groups in total. The Morgan fingerprint density at radius 3 is 2.36 bits per heavy atom. The van der Waals surface area contributed by atoms with Gasteiger partial charge in [0.1, 0.15) is 11.6 Å². The molecule has 0 radical (unpaired) electrons. The SMILES string of the molecule is CC(C)c1ncc(C(=O)Nc2c(-c3ccccc3F)ccnc2C2CCS(O)(O)CC2)cn1. The Kier molecular flexibility index (Phi) is 6.73. The lowest BCUT2D eigenvalue weighted by Crippen LogP contribution is -2.22. The van der Waals surface area contributed by atoms with E-state index in [0.717, 1.165) is 0 Å². The molecule has 0 bridgehead atoms. The lowest BCUT2D eigenvalue weighted by Gasteiger charge is -2.39. The lowest BCUT2D eigenvalue weighted by molar-refractivity contribution is 0.102. The minimum Gasteiger partial charge on any atom is -0.320 e. The van der Waals surface area contributed by atoms with Gasteiger partial charge in [0.15, 0.2) is 0 Å². The Morgan fingerprint density at radius 2 is 1.73 bits per heavy atom. The molecule has 0 saturated carbocycles. The molecule has 1 aromatic carbocycles. The van der Waals surface area contributed by atoms with Crippen LogP contribution < -0.4 is 5.32 Å². The summed E-state index contributed by atoms with van der Waals surface area (Å²) in [6, 6.07) is 8.04. The zero-order valence-electron chi connectivity index (χ0n) is 18.5. The van der Waals surface area contributed by atoms with Crippen LogP contribution in [0.2, 0.25) is 0 Å². The maximum Gasteiger partial charge on any atom is 0.258 e. The van der Waals surface area contributed by atoms with Crippen molar-refractivity contribution in [1.82, 2.24) is 15.0 Å². The largest absolute Gasteiger partial charge is 0.320 e. The van der Waals surface area contributed by atoms with E-state index in [2.05, 4.69) is 20.3 Å². The molecule has 1 aliphatic heterocycles. The van der Waals surface area contributed by atoms with E-state index in [4.69, 9.17) is 0 Å². The first-order valence-corrected chi connectivity index (χ1v) is 12.7. The summed E-state index contributed by atoms with van der Waals surface area (Å²) in [5.41, 5.74) is 2.18. The number of nitrogens with zero attached hydrogens (tertiary/aromatic N) is 3. The molecule has 3 heterocycles. The Hall–Kier alpha value is -2.88. The number of benzene rings is 1. The van der Waals surface area contributed by atoms with Crippen molar-refractivity contribution in [3.8, 4) is 11.1 Å². The van der Waals surface area contributed by atoms with E-state index < -0.39 is 22.3 Å². The van der Waals surface area contributed by atoms with Crippen LogP contribution in [-0.2, 0) is 0 Å². The summed E-state index contributed by atoms with van der Waals surface area (Å²) in [6.07, 6.45) is 5.59. The van der Waals surface area contributed by atoms with Gasteiger partial charge in [-0.3, -0.25) is 18.9 Å². The van der Waals surface area contributed by atoms with Crippen LogP contribution in [0.25, 0.3) is 11.1 Å². The zero-order valence-corrected chi connectivity index (χ0v) is 19.3. The fourth-order valence-electron chi connectivity index (χ4n) is 3.94. The fraction of sp³-hybridized carbons (Fsp3) is 0.333. The molecule has 4 rings (SSSR count). The zero-order chi connectivity index (χ0) is 23.6. The number of halogens is 1. The molecular formula is C24H27FN4O3S. The van der Waals surface area contributed by atoms with Crippen LogP contribution in [-0.4, -0.2) is 41.5 Å². The number of amides is 1. The first kappa shape index (κ1) is 23.3. The number of nitrogens with one attached hydrogen (secondary N) is 1. The third-order valence-corrected chi connectivity index (χ3v) is 7.59. The van der Waals surface area contributed by atoms with Crippen LogP contribution in [0.3, 0.4) is 0 Å². The van der Waals surface area contributed by atoms with Gasteiger partial charge in [0.25, 0.3) is 5.91 Å². The maximum atomic E-state index is 14.7. The molecule has 7 nitrogen and oxygen atoms in total. The van der Waals surface area contributed by atoms with Gasteiger partial charge in [0, 0.05) is 53.1 Å². The van der Waals surface area contributed by atoms with Crippen LogP contribution in [0.1, 0.15) is 60.4 Å². The van der Waals surface area contributed by atoms with Gasteiger partial charge in [0.2, 0.25) is 0 Å². The molecule has 174 valence electrons. The van der Waals surface area contributed by atoms with Gasteiger partial charge in [-0.2, -0.15) is 10.6 Å². The van der Waals surface area contributed by atoms with Crippen molar-refractivity contribution in [3.05, 3.63) is 71.8 Å². The van der Waals surface area contributed by atoms with E-state index in [9.17, 15) is 18.3 Å². The van der Waals surface area contributed by atoms with Crippen molar-refractivity contribution in [2.24, 2.45) is 0 Å². The van der Waals surface area contributed by atoms with Gasteiger partial charge in [-0.25, -0.2) is 14.4 Å². The maximum absolute atomic E-state index is 14.7. The number of hydrogen-bond acceptors (Lipinski definition) is 6. The van der Waals surface area contributed by atoms with Gasteiger partial charge in [0.05, 0.1) is 16.9 Å². The molecule has 1 aliphatic rings. The summed E-state index contributed by atoms with van der Waals surface area (Å²) in [4.78, 5) is 26.2. The van der Waals surface area contributed by atoms with Gasteiger partial charge in [-0.05, 0) is 25.0 Å². The molecular weight excluding hydrogens is 443 g/mol. The van der Waals surface area contributed by atoms with Crippen LogP contribution in [0.5, 0.6) is 0 Å². The Labute approximate surface area is 193 Å². The molecule has 0 aliphatic carbocycles. The van der Waals surface area contributed by atoms with Gasteiger partial charge in [-0.1, -0.05) is 32.0 Å². The van der Waals surface area contributed by atoms with Gasteiger partial charge < -0.3 is 5.32 Å². The summed E-state index contributed by atoms with van der Waals surface area (Å²) in [6.45, 7) is 3.94. The third-order valence-electron chi connectivity index (χ3n) is 5.81. The van der Waals surface area contributed by atoms with E-state index in [1.807, 2.05) is 13.8 Å².